The number of nitrogens with zero attached hydrogens (tertiary/aromatic N) is 2. The molecule has 26 heavy (non-hydrogen) atoms. The third-order valence-electron chi connectivity index (χ3n) is 4.10. The number of benzene rings is 1. The van der Waals surface area contributed by atoms with Crippen LogP contribution in [0, 0.1) is 0 Å². The molecule has 0 spiro atoms. The highest BCUT2D eigenvalue weighted by Crippen LogP contribution is 2.31. The van der Waals surface area contributed by atoms with Crippen LogP contribution < -0.4 is 9.47 Å². The Bertz CT molecular complexity index is 905. The average Bonchev–Trinajstić information content (AvgIpc) is 3.36. The molecule has 0 unspecified atom stereocenters. The van der Waals surface area contributed by atoms with Crippen LogP contribution in [0.15, 0.2) is 41.1 Å². The number of rotatable bonds is 5. The van der Waals surface area contributed by atoms with E-state index in [4.69, 9.17) is 9.47 Å². The Hall–Kier alpha value is -2.38. The fraction of sp³-hybridized carbons (Fsp3) is 0.263. The molecule has 0 saturated carbocycles. The number of aromatic nitrogens is 1. The van der Waals surface area contributed by atoms with Gasteiger partial charge in [-0.15, -0.1) is 22.7 Å². The van der Waals surface area contributed by atoms with E-state index in [1.165, 1.54) is 11.3 Å². The second kappa shape index (κ2) is 7.47. The molecule has 0 radical (unpaired) electrons. The number of thiophene rings is 1. The summed E-state index contributed by atoms with van der Waals surface area (Å²) in [5, 5.41) is 4.74. The van der Waals surface area contributed by atoms with Crippen molar-refractivity contribution in [1.29, 1.82) is 0 Å². The number of carbonyl (C=O) groups excluding carboxylic acids is 1. The van der Waals surface area contributed by atoms with E-state index in [1.807, 2.05) is 48.0 Å². The van der Waals surface area contributed by atoms with Crippen molar-refractivity contribution in [3.63, 3.8) is 0 Å². The van der Waals surface area contributed by atoms with E-state index in [-0.39, 0.29) is 5.91 Å². The Balaban J connectivity index is 1.51. The van der Waals surface area contributed by atoms with Crippen molar-refractivity contribution in [2.75, 3.05) is 19.8 Å². The van der Waals surface area contributed by atoms with Crippen molar-refractivity contribution in [1.82, 2.24) is 9.88 Å². The Morgan fingerprint density at radius 2 is 2.04 bits per heavy atom. The summed E-state index contributed by atoms with van der Waals surface area (Å²) in [4.78, 5) is 20.3. The molecular weight excluding hydrogens is 368 g/mol. The van der Waals surface area contributed by atoms with Gasteiger partial charge in [-0.1, -0.05) is 12.1 Å². The molecule has 7 heteroatoms. The highest BCUT2D eigenvalue weighted by molar-refractivity contribution is 7.20. The maximum Gasteiger partial charge on any atom is 0.273 e. The lowest BCUT2D eigenvalue weighted by molar-refractivity contribution is 0.0747. The first-order valence-electron chi connectivity index (χ1n) is 8.42. The highest BCUT2D eigenvalue weighted by atomic mass is 32.1. The van der Waals surface area contributed by atoms with E-state index in [2.05, 4.69) is 4.98 Å². The number of thiazole rings is 1. The topological polar surface area (TPSA) is 51.7 Å². The van der Waals surface area contributed by atoms with Crippen LogP contribution >= 0.6 is 22.7 Å². The van der Waals surface area contributed by atoms with Gasteiger partial charge in [0.2, 0.25) is 0 Å². The van der Waals surface area contributed by atoms with Crippen molar-refractivity contribution in [2.45, 2.75) is 13.5 Å². The lowest BCUT2D eigenvalue weighted by Crippen LogP contribution is -2.30. The van der Waals surface area contributed by atoms with E-state index in [1.54, 1.807) is 16.2 Å². The maximum absolute atomic E-state index is 12.9. The fourth-order valence-electron chi connectivity index (χ4n) is 2.78. The summed E-state index contributed by atoms with van der Waals surface area (Å²) < 4.78 is 11.2. The molecule has 1 amide bonds. The molecule has 3 heterocycles. The number of fused-ring (bicyclic) bond motifs is 1. The zero-order chi connectivity index (χ0) is 17.9. The number of hydrogen-bond acceptors (Lipinski definition) is 6. The first-order chi connectivity index (χ1) is 12.7. The summed E-state index contributed by atoms with van der Waals surface area (Å²) in [7, 11) is 0. The first-order valence-corrected chi connectivity index (χ1v) is 10.2. The maximum atomic E-state index is 12.9. The second-order valence-corrected chi connectivity index (χ2v) is 7.62. The largest absolute Gasteiger partial charge is 0.486 e. The quantitative estimate of drug-likeness (QED) is 0.656. The smallest absolute Gasteiger partial charge is 0.273 e. The molecule has 0 atom stereocenters. The van der Waals surface area contributed by atoms with Crippen molar-refractivity contribution in [2.24, 2.45) is 0 Å². The van der Waals surface area contributed by atoms with Crippen molar-refractivity contribution in [3.8, 4) is 21.4 Å². The lowest BCUT2D eigenvalue weighted by atomic mass is 10.1. The van der Waals surface area contributed by atoms with Crippen LogP contribution in [0.1, 0.15) is 23.0 Å². The van der Waals surface area contributed by atoms with E-state index in [0.717, 1.165) is 26.9 Å². The second-order valence-electron chi connectivity index (χ2n) is 5.81. The summed E-state index contributed by atoms with van der Waals surface area (Å²) >= 11 is 3.13. The Morgan fingerprint density at radius 3 is 2.81 bits per heavy atom. The molecule has 1 aromatic carbocycles. The molecule has 134 valence electrons. The monoisotopic (exact) mass is 386 g/mol. The molecular formula is C19H18N2O3S2. The number of amides is 1. The number of hydrogen-bond donors (Lipinski definition) is 0. The van der Waals surface area contributed by atoms with Crippen molar-refractivity contribution >= 4 is 28.6 Å². The summed E-state index contributed by atoms with van der Waals surface area (Å²) in [6.07, 6.45) is 0. The highest BCUT2D eigenvalue weighted by Gasteiger charge is 2.20. The van der Waals surface area contributed by atoms with Gasteiger partial charge in [0.1, 0.15) is 23.9 Å². The van der Waals surface area contributed by atoms with Crippen LogP contribution in [0.2, 0.25) is 0 Å². The lowest BCUT2D eigenvalue weighted by Gasteiger charge is -2.22. The molecule has 5 nitrogen and oxygen atoms in total. The Morgan fingerprint density at radius 1 is 1.19 bits per heavy atom. The SMILES string of the molecule is CCN(Cc1ccc2c(c1)OCCO2)C(=O)c1csc(-c2cccs2)n1. The van der Waals surface area contributed by atoms with Gasteiger partial charge in [-0.3, -0.25) is 4.79 Å². The van der Waals surface area contributed by atoms with Gasteiger partial charge in [0.05, 0.1) is 4.88 Å². The summed E-state index contributed by atoms with van der Waals surface area (Å²) in [6.45, 7) is 4.22. The predicted octanol–water partition coefficient (Wildman–Crippen LogP) is 4.31. The Kier molecular flexibility index (Phi) is 4.90. The van der Waals surface area contributed by atoms with Crippen LogP contribution in [0.25, 0.3) is 9.88 Å². The third-order valence-corrected chi connectivity index (χ3v) is 5.99. The minimum atomic E-state index is -0.0542. The van der Waals surface area contributed by atoms with Crippen LogP contribution in [0.5, 0.6) is 11.5 Å². The average molecular weight is 386 g/mol. The molecule has 1 aliphatic heterocycles. The molecule has 0 fully saturated rings. The number of carbonyl (C=O) groups is 1. The van der Waals surface area contributed by atoms with E-state index in [9.17, 15) is 4.79 Å². The summed E-state index contributed by atoms with van der Waals surface area (Å²) in [5.74, 6) is 1.45. The van der Waals surface area contributed by atoms with Gasteiger partial charge >= 0.3 is 0 Å². The minimum Gasteiger partial charge on any atom is -0.486 e. The van der Waals surface area contributed by atoms with Gasteiger partial charge in [-0.05, 0) is 36.1 Å². The van der Waals surface area contributed by atoms with Gasteiger partial charge < -0.3 is 14.4 Å². The molecule has 1 aliphatic rings. The summed E-state index contributed by atoms with van der Waals surface area (Å²) in [6, 6.07) is 9.83. The minimum absolute atomic E-state index is 0.0542. The molecule has 2 aromatic heterocycles. The molecule has 0 saturated heterocycles. The molecule has 3 aromatic rings. The van der Waals surface area contributed by atoms with Gasteiger partial charge in [0.15, 0.2) is 11.5 Å². The fourth-order valence-corrected chi connectivity index (χ4v) is 4.39. The van der Waals surface area contributed by atoms with Gasteiger partial charge in [0.25, 0.3) is 5.91 Å². The first kappa shape index (κ1) is 17.1. The molecule has 4 rings (SSSR count). The van der Waals surface area contributed by atoms with Gasteiger partial charge in [0, 0.05) is 18.5 Å². The van der Waals surface area contributed by atoms with Crippen LogP contribution in [0.3, 0.4) is 0 Å². The molecule has 0 bridgehead atoms. The van der Waals surface area contributed by atoms with E-state index >= 15 is 0 Å². The summed E-state index contributed by atoms with van der Waals surface area (Å²) in [5.41, 5.74) is 1.51. The van der Waals surface area contributed by atoms with Crippen LogP contribution in [-0.2, 0) is 6.54 Å². The van der Waals surface area contributed by atoms with E-state index in [0.29, 0.717) is 32.0 Å². The normalized spacial score (nSPS) is 12.8. The predicted molar refractivity (Wildman–Crippen MR) is 103 cm³/mol. The molecule has 0 aliphatic carbocycles. The molecule has 0 N–H and O–H groups in total. The van der Waals surface area contributed by atoms with Crippen molar-refractivity contribution in [3.05, 3.63) is 52.3 Å². The zero-order valence-corrected chi connectivity index (χ0v) is 15.9. The van der Waals surface area contributed by atoms with Gasteiger partial charge in [-0.25, -0.2) is 4.98 Å². The third kappa shape index (κ3) is 3.45. The standard InChI is InChI=1S/C19H18N2O3S2/c1-2-21(11-13-5-6-15-16(10-13)24-8-7-23-15)19(22)14-12-26-18(20-14)17-4-3-9-25-17/h3-6,9-10,12H,2,7-8,11H2,1H3. The van der Waals surface area contributed by atoms with Crippen LogP contribution in [-0.4, -0.2) is 35.5 Å². The zero-order valence-electron chi connectivity index (χ0n) is 14.3. The van der Waals surface area contributed by atoms with Crippen LogP contribution in [0.4, 0.5) is 0 Å². The van der Waals surface area contributed by atoms with Crippen molar-refractivity contribution < 1.29 is 14.3 Å². The van der Waals surface area contributed by atoms with Gasteiger partial charge in [-0.2, -0.15) is 0 Å². The number of ether oxygens (including phenoxy) is 2. The van der Waals surface area contributed by atoms with E-state index < -0.39 is 0 Å². The Labute approximate surface area is 159 Å².